The van der Waals surface area contributed by atoms with Gasteiger partial charge in [0.05, 0.1) is 0 Å². The second-order valence-electron chi connectivity index (χ2n) is 6.03. The lowest BCUT2D eigenvalue weighted by Crippen LogP contribution is -2.52. The van der Waals surface area contributed by atoms with Crippen molar-refractivity contribution >= 4 is 11.6 Å². The molecule has 20 heavy (non-hydrogen) atoms. The SMILES string of the molecule is CN1CCCC(CN)(N(C)Cc2ccccc2Cl)CC1. The van der Waals surface area contributed by atoms with Crippen molar-refractivity contribution in [3.05, 3.63) is 34.9 Å². The first-order chi connectivity index (χ1) is 9.57. The number of hydrogen-bond acceptors (Lipinski definition) is 3. The maximum absolute atomic E-state index is 6.29. The Bertz CT molecular complexity index is 437. The van der Waals surface area contributed by atoms with Gasteiger partial charge in [-0.05, 0) is 58.1 Å². The molecule has 1 atom stereocenters. The van der Waals surface area contributed by atoms with Crippen LogP contribution >= 0.6 is 11.6 Å². The minimum Gasteiger partial charge on any atom is -0.329 e. The van der Waals surface area contributed by atoms with Gasteiger partial charge in [0, 0.05) is 23.7 Å². The molecule has 0 spiro atoms. The van der Waals surface area contributed by atoms with Gasteiger partial charge in [-0.2, -0.15) is 0 Å². The zero-order chi connectivity index (χ0) is 14.6. The van der Waals surface area contributed by atoms with Gasteiger partial charge in [-0.1, -0.05) is 29.8 Å². The third-order valence-electron chi connectivity index (χ3n) is 4.70. The van der Waals surface area contributed by atoms with Gasteiger partial charge >= 0.3 is 0 Å². The lowest BCUT2D eigenvalue weighted by molar-refractivity contribution is 0.100. The maximum Gasteiger partial charge on any atom is 0.0451 e. The zero-order valence-corrected chi connectivity index (χ0v) is 13.4. The highest BCUT2D eigenvalue weighted by Crippen LogP contribution is 2.29. The first-order valence-electron chi connectivity index (χ1n) is 7.41. The van der Waals surface area contributed by atoms with E-state index in [0.717, 1.165) is 31.0 Å². The van der Waals surface area contributed by atoms with Crippen LogP contribution in [-0.2, 0) is 6.54 Å². The van der Waals surface area contributed by atoms with Crippen molar-refractivity contribution in [2.24, 2.45) is 5.73 Å². The van der Waals surface area contributed by atoms with Crippen LogP contribution < -0.4 is 5.73 Å². The Kier molecular flexibility index (Phi) is 5.44. The summed E-state index contributed by atoms with van der Waals surface area (Å²) in [5, 5.41) is 0.845. The summed E-state index contributed by atoms with van der Waals surface area (Å²) >= 11 is 6.29. The number of rotatable bonds is 4. The van der Waals surface area contributed by atoms with Gasteiger partial charge in [0.15, 0.2) is 0 Å². The van der Waals surface area contributed by atoms with Crippen LogP contribution in [0.3, 0.4) is 0 Å². The van der Waals surface area contributed by atoms with Crippen molar-refractivity contribution in [2.75, 3.05) is 33.7 Å². The lowest BCUT2D eigenvalue weighted by atomic mass is 9.88. The minimum absolute atomic E-state index is 0.101. The van der Waals surface area contributed by atoms with Crippen molar-refractivity contribution in [1.82, 2.24) is 9.80 Å². The van der Waals surface area contributed by atoms with Gasteiger partial charge in [0.2, 0.25) is 0 Å². The molecule has 0 aliphatic carbocycles. The molecule has 4 heteroatoms. The van der Waals surface area contributed by atoms with Crippen molar-refractivity contribution in [2.45, 2.75) is 31.3 Å². The third kappa shape index (κ3) is 3.53. The highest BCUT2D eigenvalue weighted by Gasteiger charge is 2.34. The van der Waals surface area contributed by atoms with E-state index in [1.807, 2.05) is 18.2 Å². The topological polar surface area (TPSA) is 32.5 Å². The van der Waals surface area contributed by atoms with Gasteiger partial charge in [-0.3, -0.25) is 4.90 Å². The molecule has 1 heterocycles. The highest BCUT2D eigenvalue weighted by atomic mass is 35.5. The number of benzene rings is 1. The molecule has 1 fully saturated rings. The zero-order valence-electron chi connectivity index (χ0n) is 12.6. The minimum atomic E-state index is 0.101. The van der Waals surface area contributed by atoms with E-state index in [1.54, 1.807) is 0 Å². The quantitative estimate of drug-likeness (QED) is 0.927. The predicted molar refractivity (Wildman–Crippen MR) is 86.1 cm³/mol. The summed E-state index contributed by atoms with van der Waals surface area (Å²) in [6.45, 7) is 3.86. The summed E-state index contributed by atoms with van der Waals surface area (Å²) < 4.78 is 0. The molecule has 112 valence electrons. The van der Waals surface area contributed by atoms with Crippen LogP contribution in [0.15, 0.2) is 24.3 Å². The Balaban J connectivity index is 2.12. The normalized spacial score (nSPS) is 24.9. The van der Waals surface area contributed by atoms with E-state index >= 15 is 0 Å². The number of nitrogens with two attached hydrogens (primary N) is 1. The van der Waals surface area contributed by atoms with Crippen molar-refractivity contribution in [3.63, 3.8) is 0 Å². The summed E-state index contributed by atoms with van der Waals surface area (Å²) in [4.78, 5) is 4.81. The molecule has 1 unspecified atom stereocenters. The molecule has 1 aliphatic rings. The van der Waals surface area contributed by atoms with Crippen LogP contribution in [0.5, 0.6) is 0 Å². The largest absolute Gasteiger partial charge is 0.329 e. The van der Waals surface area contributed by atoms with E-state index in [-0.39, 0.29) is 5.54 Å². The molecule has 2 N–H and O–H groups in total. The van der Waals surface area contributed by atoms with Gasteiger partial charge < -0.3 is 10.6 Å². The van der Waals surface area contributed by atoms with Crippen molar-refractivity contribution in [3.8, 4) is 0 Å². The Morgan fingerprint density at radius 2 is 2.05 bits per heavy atom. The van der Waals surface area contributed by atoms with Gasteiger partial charge in [-0.15, -0.1) is 0 Å². The summed E-state index contributed by atoms with van der Waals surface area (Å²) in [6, 6.07) is 8.09. The van der Waals surface area contributed by atoms with E-state index in [2.05, 4.69) is 30.0 Å². The smallest absolute Gasteiger partial charge is 0.0451 e. The van der Waals surface area contributed by atoms with Gasteiger partial charge in [0.25, 0.3) is 0 Å². The van der Waals surface area contributed by atoms with E-state index in [9.17, 15) is 0 Å². The second kappa shape index (κ2) is 6.90. The molecule has 1 aliphatic heterocycles. The fourth-order valence-corrected chi connectivity index (χ4v) is 3.30. The Hall–Kier alpha value is -0.610. The molecule has 0 saturated carbocycles. The summed E-state index contributed by atoms with van der Waals surface area (Å²) in [6.07, 6.45) is 3.50. The monoisotopic (exact) mass is 295 g/mol. The molecule has 0 amide bonds. The number of halogens is 1. The molecule has 0 bridgehead atoms. The average Bonchev–Trinajstić information content (AvgIpc) is 2.64. The Morgan fingerprint density at radius 1 is 1.30 bits per heavy atom. The standard InChI is InChI=1S/C16H26ClN3/c1-19-10-5-8-16(13-18,9-11-19)20(2)12-14-6-3-4-7-15(14)17/h3-4,6-7H,5,8-13,18H2,1-2H3. The van der Waals surface area contributed by atoms with E-state index in [4.69, 9.17) is 17.3 Å². The Labute approximate surface area is 127 Å². The molecule has 1 aromatic carbocycles. The Morgan fingerprint density at radius 3 is 2.75 bits per heavy atom. The first-order valence-corrected chi connectivity index (χ1v) is 7.78. The van der Waals surface area contributed by atoms with E-state index < -0.39 is 0 Å². The number of hydrogen-bond donors (Lipinski definition) is 1. The molecular formula is C16H26ClN3. The summed E-state index contributed by atoms with van der Waals surface area (Å²) in [7, 11) is 4.38. The van der Waals surface area contributed by atoms with Gasteiger partial charge in [0.1, 0.15) is 0 Å². The van der Waals surface area contributed by atoms with Crippen LogP contribution in [0.25, 0.3) is 0 Å². The molecular weight excluding hydrogens is 270 g/mol. The number of likely N-dealkylation sites (N-methyl/N-ethyl adjacent to an activating group) is 1. The molecule has 2 rings (SSSR count). The molecule has 1 saturated heterocycles. The van der Waals surface area contributed by atoms with Crippen LogP contribution in [0.1, 0.15) is 24.8 Å². The molecule has 3 nitrogen and oxygen atoms in total. The molecule has 1 aromatic rings. The second-order valence-corrected chi connectivity index (χ2v) is 6.44. The van der Waals surface area contributed by atoms with Crippen molar-refractivity contribution in [1.29, 1.82) is 0 Å². The first kappa shape index (κ1) is 15.8. The van der Waals surface area contributed by atoms with Crippen LogP contribution in [0.2, 0.25) is 5.02 Å². The average molecular weight is 296 g/mol. The van der Waals surface area contributed by atoms with Crippen LogP contribution in [-0.4, -0.2) is 49.1 Å². The van der Waals surface area contributed by atoms with E-state index in [0.29, 0.717) is 6.54 Å². The molecule has 0 radical (unpaired) electrons. The number of nitrogens with zero attached hydrogens (tertiary/aromatic N) is 2. The third-order valence-corrected chi connectivity index (χ3v) is 5.06. The summed E-state index contributed by atoms with van der Waals surface area (Å²) in [5.74, 6) is 0. The maximum atomic E-state index is 6.29. The highest BCUT2D eigenvalue weighted by molar-refractivity contribution is 6.31. The van der Waals surface area contributed by atoms with Crippen LogP contribution in [0.4, 0.5) is 0 Å². The van der Waals surface area contributed by atoms with E-state index in [1.165, 1.54) is 18.5 Å². The lowest BCUT2D eigenvalue weighted by Gasteiger charge is -2.41. The number of likely N-dealkylation sites (tertiary alicyclic amines) is 1. The molecule has 0 aromatic heterocycles. The predicted octanol–water partition coefficient (Wildman–Crippen LogP) is 2.59. The van der Waals surface area contributed by atoms with Crippen molar-refractivity contribution < 1.29 is 0 Å². The summed E-state index contributed by atoms with van der Waals surface area (Å²) in [5.41, 5.74) is 7.44. The van der Waals surface area contributed by atoms with Gasteiger partial charge in [-0.25, -0.2) is 0 Å². The fraction of sp³-hybridized carbons (Fsp3) is 0.625. The fourth-order valence-electron chi connectivity index (χ4n) is 3.11. The van der Waals surface area contributed by atoms with Crippen LogP contribution in [0, 0.1) is 0 Å².